The fourth-order valence-corrected chi connectivity index (χ4v) is 4.83. The Balaban J connectivity index is 1.21. The number of nitrogens with two attached hydrogens (primary N) is 1. The van der Waals surface area contributed by atoms with E-state index in [1.165, 1.54) is 0 Å². The summed E-state index contributed by atoms with van der Waals surface area (Å²) in [7, 11) is 0. The third-order valence-corrected chi connectivity index (χ3v) is 6.36. The van der Waals surface area contributed by atoms with E-state index in [9.17, 15) is 9.59 Å². The topological polar surface area (TPSA) is 111 Å². The number of pyridine rings is 1. The zero-order valence-electron chi connectivity index (χ0n) is 17.0. The quantitative estimate of drug-likeness (QED) is 0.659. The molecule has 1 aliphatic carbocycles. The molecule has 8 heteroatoms. The molecule has 1 aliphatic heterocycles. The molecule has 3 heterocycles. The Labute approximate surface area is 179 Å². The zero-order valence-corrected chi connectivity index (χ0v) is 17.0. The van der Waals surface area contributed by atoms with Gasteiger partial charge >= 0.3 is 6.09 Å². The van der Waals surface area contributed by atoms with Gasteiger partial charge in [-0.05, 0) is 48.6 Å². The lowest BCUT2D eigenvalue weighted by atomic mass is 9.99. The highest BCUT2D eigenvalue weighted by molar-refractivity contribution is 5.94. The molecule has 1 aromatic carbocycles. The number of hydrogen-bond acceptors (Lipinski definition) is 5. The molecule has 160 valence electrons. The van der Waals surface area contributed by atoms with Crippen LogP contribution < -0.4 is 10.5 Å². The molecule has 3 unspecified atom stereocenters. The molecule has 0 bridgehead atoms. The second-order valence-corrected chi connectivity index (χ2v) is 8.22. The van der Waals surface area contributed by atoms with Gasteiger partial charge in [-0.2, -0.15) is 0 Å². The largest absolute Gasteiger partial charge is 0.488 e. The van der Waals surface area contributed by atoms with Crippen molar-refractivity contribution < 1.29 is 19.1 Å². The second-order valence-electron chi connectivity index (χ2n) is 8.22. The van der Waals surface area contributed by atoms with Gasteiger partial charge in [0.05, 0.1) is 5.39 Å². The summed E-state index contributed by atoms with van der Waals surface area (Å²) in [6.07, 6.45) is 4.39. The van der Waals surface area contributed by atoms with Crippen LogP contribution in [0.2, 0.25) is 0 Å². The minimum absolute atomic E-state index is 0.00265. The van der Waals surface area contributed by atoms with E-state index < -0.39 is 6.09 Å². The number of benzene rings is 1. The van der Waals surface area contributed by atoms with E-state index >= 15 is 0 Å². The summed E-state index contributed by atoms with van der Waals surface area (Å²) in [6.45, 7) is 1.70. The maximum atomic E-state index is 13.0. The number of rotatable bonds is 5. The number of carbonyl (C=O) groups excluding carboxylic acids is 2. The van der Waals surface area contributed by atoms with Gasteiger partial charge in [0.1, 0.15) is 24.1 Å². The highest BCUT2D eigenvalue weighted by atomic mass is 16.6. The molecular formula is C23H24N4O4. The van der Waals surface area contributed by atoms with E-state index in [-0.39, 0.29) is 17.9 Å². The van der Waals surface area contributed by atoms with Crippen LogP contribution in [-0.4, -0.2) is 46.1 Å². The van der Waals surface area contributed by atoms with Crippen molar-refractivity contribution in [2.24, 2.45) is 17.6 Å². The highest BCUT2D eigenvalue weighted by Crippen LogP contribution is 2.40. The van der Waals surface area contributed by atoms with E-state index in [2.05, 4.69) is 9.97 Å². The number of H-pyrrole nitrogens is 1. The second kappa shape index (κ2) is 7.94. The Kier molecular flexibility index (Phi) is 4.97. The molecular weight excluding hydrogens is 396 g/mol. The number of primary amides is 1. The number of nitrogens with one attached hydrogen (secondary N) is 1. The number of ether oxygens (including phenoxy) is 2. The molecule has 0 spiro atoms. The van der Waals surface area contributed by atoms with E-state index in [0.29, 0.717) is 31.2 Å². The Morgan fingerprint density at radius 2 is 1.97 bits per heavy atom. The van der Waals surface area contributed by atoms with Crippen LogP contribution in [0.5, 0.6) is 5.75 Å². The average molecular weight is 420 g/mol. The van der Waals surface area contributed by atoms with Crippen molar-refractivity contribution in [2.75, 3.05) is 13.1 Å². The standard InChI is InChI=1S/C23H24N4O4/c24-23(29)31-20-6-5-16-11-27(12-18(16)20)22(28)15-3-1-14(2-4-15)13-30-19-8-10-26-21-17(19)7-9-25-21/h1-4,7-10,16,18,20H,5-6,11-13H2,(H2,24,29)(H,25,26). The summed E-state index contributed by atoms with van der Waals surface area (Å²) in [5.74, 6) is 1.31. The van der Waals surface area contributed by atoms with Crippen LogP contribution in [0.15, 0.2) is 48.8 Å². The molecule has 2 fully saturated rings. The van der Waals surface area contributed by atoms with Crippen LogP contribution in [0.4, 0.5) is 4.79 Å². The number of aromatic amines is 1. The summed E-state index contributed by atoms with van der Waals surface area (Å²) >= 11 is 0. The average Bonchev–Trinajstić information content (AvgIpc) is 3.49. The fourth-order valence-electron chi connectivity index (χ4n) is 4.83. The molecule has 0 radical (unpaired) electrons. The van der Waals surface area contributed by atoms with Crippen LogP contribution >= 0.6 is 0 Å². The van der Waals surface area contributed by atoms with Crippen molar-refractivity contribution in [3.8, 4) is 5.75 Å². The van der Waals surface area contributed by atoms with E-state index in [1.807, 2.05) is 47.5 Å². The zero-order chi connectivity index (χ0) is 21.4. The minimum atomic E-state index is -0.739. The summed E-state index contributed by atoms with van der Waals surface area (Å²) in [5, 5.41) is 0.937. The molecule has 3 atom stereocenters. The Morgan fingerprint density at radius 3 is 2.77 bits per heavy atom. The Hall–Kier alpha value is -3.55. The van der Waals surface area contributed by atoms with Crippen molar-refractivity contribution >= 4 is 23.0 Å². The first-order valence-electron chi connectivity index (χ1n) is 10.5. The van der Waals surface area contributed by atoms with Crippen LogP contribution in [0, 0.1) is 11.8 Å². The van der Waals surface area contributed by atoms with Crippen LogP contribution in [0.3, 0.4) is 0 Å². The number of carbonyl (C=O) groups is 2. The molecule has 1 saturated heterocycles. The maximum Gasteiger partial charge on any atom is 0.404 e. The van der Waals surface area contributed by atoms with Gasteiger partial charge in [-0.15, -0.1) is 0 Å². The van der Waals surface area contributed by atoms with Crippen molar-refractivity contribution in [3.05, 3.63) is 59.9 Å². The van der Waals surface area contributed by atoms with E-state index in [0.717, 1.165) is 35.2 Å². The summed E-state index contributed by atoms with van der Waals surface area (Å²) in [6, 6.07) is 11.3. The van der Waals surface area contributed by atoms with Gasteiger partial charge in [-0.1, -0.05) is 12.1 Å². The van der Waals surface area contributed by atoms with Crippen molar-refractivity contribution in [1.29, 1.82) is 0 Å². The molecule has 1 saturated carbocycles. The molecule has 2 aliphatic rings. The highest BCUT2D eigenvalue weighted by Gasteiger charge is 2.45. The van der Waals surface area contributed by atoms with Gasteiger partial charge in [-0.25, -0.2) is 9.78 Å². The first kappa shape index (κ1) is 19.4. The van der Waals surface area contributed by atoms with Gasteiger partial charge in [0.2, 0.25) is 0 Å². The van der Waals surface area contributed by atoms with Gasteiger partial charge in [0.15, 0.2) is 0 Å². The summed E-state index contributed by atoms with van der Waals surface area (Å²) < 4.78 is 11.2. The lowest BCUT2D eigenvalue weighted by Gasteiger charge is -2.20. The van der Waals surface area contributed by atoms with Gasteiger partial charge in [0, 0.05) is 37.0 Å². The molecule has 31 heavy (non-hydrogen) atoms. The van der Waals surface area contributed by atoms with Gasteiger partial charge in [0.25, 0.3) is 5.91 Å². The van der Waals surface area contributed by atoms with E-state index in [4.69, 9.17) is 15.2 Å². The first-order chi connectivity index (χ1) is 15.1. The fraction of sp³-hybridized carbons (Fsp3) is 0.348. The number of likely N-dealkylation sites (tertiary alicyclic amines) is 1. The Morgan fingerprint density at radius 1 is 1.13 bits per heavy atom. The summed E-state index contributed by atoms with van der Waals surface area (Å²) in [4.78, 5) is 33.3. The molecule has 5 rings (SSSR count). The number of hydrogen-bond donors (Lipinski definition) is 2. The number of amides is 2. The first-order valence-corrected chi connectivity index (χ1v) is 10.5. The number of nitrogens with zero attached hydrogens (tertiary/aromatic N) is 2. The minimum Gasteiger partial charge on any atom is -0.488 e. The predicted molar refractivity (Wildman–Crippen MR) is 113 cm³/mol. The molecule has 8 nitrogen and oxygen atoms in total. The molecule has 3 aromatic rings. The monoisotopic (exact) mass is 420 g/mol. The lowest BCUT2D eigenvalue weighted by molar-refractivity contribution is 0.0695. The lowest BCUT2D eigenvalue weighted by Crippen LogP contribution is -2.33. The van der Waals surface area contributed by atoms with Crippen molar-refractivity contribution in [3.63, 3.8) is 0 Å². The van der Waals surface area contributed by atoms with E-state index in [1.54, 1.807) is 6.20 Å². The number of aromatic nitrogens is 2. The van der Waals surface area contributed by atoms with Crippen LogP contribution in [0.25, 0.3) is 11.0 Å². The van der Waals surface area contributed by atoms with Crippen LogP contribution in [-0.2, 0) is 11.3 Å². The molecule has 2 amide bonds. The van der Waals surface area contributed by atoms with Crippen molar-refractivity contribution in [2.45, 2.75) is 25.6 Å². The third-order valence-electron chi connectivity index (χ3n) is 6.36. The maximum absolute atomic E-state index is 13.0. The van der Waals surface area contributed by atoms with Crippen LogP contribution in [0.1, 0.15) is 28.8 Å². The third kappa shape index (κ3) is 3.81. The smallest absolute Gasteiger partial charge is 0.404 e. The molecule has 3 N–H and O–H groups in total. The SMILES string of the molecule is NC(=O)OC1CCC2CN(C(=O)c3ccc(COc4ccnc5[nH]ccc45)cc3)CC21. The number of fused-ring (bicyclic) bond motifs is 2. The predicted octanol–water partition coefficient (Wildman–Crippen LogP) is 3.09. The van der Waals surface area contributed by atoms with Crippen molar-refractivity contribution in [1.82, 2.24) is 14.9 Å². The normalized spacial score (nSPS) is 22.5. The Bertz CT molecular complexity index is 1110. The van der Waals surface area contributed by atoms with Gasteiger partial charge in [-0.3, -0.25) is 4.79 Å². The summed E-state index contributed by atoms with van der Waals surface area (Å²) in [5.41, 5.74) is 7.59. The van der Waals surface area contributed by atoms with Gasteiger partial charge < -0.3 is 25.1 Å². The molecule has 2 aromatic heterocycles.